The van der Waals surface area contributed by atoms with Gasteiger partial charge in [-0.15, -0.1) is 0 Å². The fourth-order valence-electron chi connectivity index (χ4n) is 3.23. The minimum Gasteiger partial charge on any atom is -0.376 e. The predicted molar refractivity (Wildman–Crippen MR) is 97.0 cm³/mol. The minimum atomic E-state index is -0.107. The average Bonchev–Trinajstić information content (AvgIpc) is 3.20. The number of nitrogens with one attached hydrogen (secondary N) is 1. The zero-order chi connectivity index (χ0) is 18.5. The summed E-state index contributed by atoms with van der Waals surface area (Å²) in [6.07, 6.45) is 8.45. The summed E-state index contributed by atoms with van der Waals surface area (Å²) in [5, 5.41) is 6.97. The maximum absolute atomic E-state index is 12.7. The van der Waals surface area contributed by atoms with E-state index in [4.69, 9.17) is 9.26 Å². The first-order valence-electron chi connectivity index (χ1n) is 9.63. The second kappa shape index (κ2) is 8.47. The fraction of sp³-hybridized carbons (Fsp3) is 0.579. The molecule has 2 fully saturated rings. The SMILES string of the molecule is O=C(NCCc1nc(C2CC2)no1)N(Cc1ccncc1)C[C@@H]1CCCO1. The van der Waals surface area contributed by atoms with Gasteiger partial charge in [-0.1, -0.05) is 5.16 Å². The van der Waals surface area contributed by atoms with Crippen molar-refractivity contribution in [2.45, 2.75) is 50.7 Å². The minimum absolute atomic E-state index is 0.106. The van der Waals surface area contributed by atoms with Crippen molar-refractivity contribution in [1.82, 2.24) is 25.3 Å². The molecular formula is C19H25N5O3. The van der Waals surface area contributed by atoms with Crippen molar-refractivity contribution < 1.29 is 14.1 Å². The smallest absolute Gasteiger partial charge is 0.317 e. The maximum Gasteiger partial charge on any atom is 0.317 e. The van der Waals surface area contributed by atoms with Crippen LogP contribution in [0.1, 0.15) is 48.9 Å². The Balaban J connectivity index is 1.30. The van der Waals surface area contributed by atoms with Crippen LogP contribution in [0.2, 0.25) is 0 Å². The monoisotopic (exact) mass is 371 g/mol. The summed E-state index contributed by atoms with van der Waals surface area (Å²) in [5.41, 5.74) is 1.05. The van der Waals surface area contributed by atoms with Gasteiger partial charge in [0.15, 0.2) is 5.82 Å². The van der Waals surface area contributed by atoms with Gasteiger partial charge in [-0.3, -0.25) is 4.98 Å². The Kier molecular flexibility index (Phi) is 5.62. The van der Waals surface area contributed by atoms with Gasteiger partial charge < -0.3 is 19.5 Å². The first-order chi connectivity index (χ1) is 13.3. The Morgan fingerprint density at radius 2 is 2.11 bits per heavy atom. The van der Waals surface area contributed by atoms with Gasteiger partial charge in [0, 0.05) is 51.0 Å². The van der Waals surface area contributed by atoms with E-state index in [0.29, 0.717) is 37.9 Å². The summed E-state index contributed by atoms with van der Waals surface area (Å²) in [6.45, 7) is 2.35. The fourth-order valence-corrected chi connectivity index (χ4v) is 3.23. The Bertz CT molecular complexity index is 741. The summed E-state index contributed by atoms with van der Waals surface area (Å²) in [7, 11) is 0. The largest absolute Gasteiger partial charge is 0.376 e. The zero-order valence-corrected chi connectivity index (χ0v) is 15.3. The highest BCUT2D eigenvalue weighted by molar-refractivity contribution is 5.74. The number of urea groups is 1. The molecule has 1 atom stereocenters. The third kappa shape index (κ3) is 5.03. The number of carbonyl (C=O) groups excluding carboxylic acids is 1. The summed E-state index contributed by atoms with van der Waals surface area (Å²) in [4.78, 5) is 23.0. The highest BCUT2D eigenvalue weighted by Gasteiger charge is 2.28. The van der Waals surface area contributed by atoms with Gasteiger partial charge in [0.2, 0.25) is 5.89 Å². The number of hydrogen-bond donors (Lipinski definition) is 1. The van der Waals surface area contributed by atoms with Crippen molar-refractivity contribution in [2.24, 2.45) is 0 Å². The number of hydrogen-bond acceptors (Lipinski definition) is 6. The van der Waals surface area contributed by atoms with Crippen LogP contribution >= 0.6 is 0 Å². The third-order valence-corrected chi connectivity index (χ3v) is 4.90. The summed E-state index contributed by atoms with van der Waals surface area (Å²) >= 11 is 0. The van der Waals surface area contributed by atoms with Crippen molar-refractivity contribution in [3.63, 3.8) is 0 Å². The lowest BCUT2D eigenvalue weighted by Crippen LogP contribution is -2.43. The molecule has 2 amide bonds. The number of aromatic nitrogens is 3. The van der Waals surface area contributed by atoms with Crippen molar-refractivity contribution in [2.75, 3.05) is 19.7 Å². The van der Waals surface area contributed by atoms with Crippen LogP contribution in [0.3, 0.4) is 0 Å². The van der Waals surface area contributed by atoms with E-state index in [2.05, 4.69) is 20.4 Å². The van der Waals surface area contributed by atoms with Crippen LogP contribution in [0, 0.1) is 0 Å². The maximum atomic E-state index is 12.7. The summed E-state index contributed by atoms with van der Waals surface area (Å²) in [5.74, 6) is 1.85. The van der Waals surface area contributed by atoms with E-state index >= 15 is 0 Å². The molecule has 144 valence electrons. The molecule has 2 aliphatic rings. The zero-order valence-electron chi connectivity index (χ0n) is 15.3. The number of carbonyl (C=O) groups is 1. The summed E-state index contributed by atoms with van der Waals surface area (Å²) < 4.78 is 11.0. The average molecular weight is 371 g/mol. The molecule has 4 rings (SSSR count). The molecule has 0 unspecified atom stereocenters. The highest BCUT2D eigenvalue weighted by atomic mass is 16.5. The molecule has 2 aromatic heterocycles. The van der Waals surface area contributed by atoms with E-state index in [9.17, 15) is 4.79 Å². The van der Waals surface area contributed by atoms with Gasteiger partial charge in [0.25, 0.3) is 0 Å². The lowest BCUT2D eigenvalue weighted by atomic mass is 10.2. The van der Waals surface area contributed by atoms with E-state index in [-0.39, 0.29) is 12.1 Å². The number of rotatable bonds is 8. The Morgan fingerprint density at radius 3 is 2.85 bits per heavy atom. The van der Waals surface area contributed by atoms with Crippen molar-refractivity contribution in [3.8, 4) is 0 Å². The van der Waals surface area contributed by atoms with Gasteiger partial charge >= 0.3 is 6.03 Å². The molecule has 8 heteroatoms. The van der Waals surface area contributed by atoms with Gasteiger partial charge in [-0.2, -0.15) is 4.98 Å². The van der Waals surface area contributed by atoms with Crippen molar-refractivity contribution >= 4 is 6.03 Å². The Labute approximate surface area is 158 Å². The molecule has 1 saturated carbocycles. The van der Waals surface area contributed by atoms with Crippen molar-refractivity contribution in [1.29, 1.82) is 0 Å². The molecule has 0 radical (unpaired) electrons. The van der Waals surface area contributed by atoms with Crippen LogP contribution in [0.4, 0.5) is 4.79 Å². The second-order valence-electron chi connectivity index (χ2n) is 7.17. The molecular weight excluding hydrogens is 346 g/mol. The van der Waals surface area contributed by atoms with E-state index < -0.39 is 0 Å². The van der Waals surface area contributed by atoms with Crippen molar-refractivity contribution in [3.05, 3.63) is 41.8 Å². The van der Waals surface area contributed by atoms with E-state index in [1.165, 1.54) is 0 Å². The summed E-state index contributed by atoms with van der Waals surface area (Å²) in [6, 6.07) is 3.74. The molecule has 1 saturated heterocycles. The van der Waals surface area contributed by atoms with Crippen LogP contribution in [0.15, 0.2) is 29.0 Å². The van der Waals surface area contributed by atoms with Crippen LogP contribution in [-0.4, -0.2) is 51.9 Å². The first kappa shape index (κ1) is 17.9. The van der Waals surface area contributed by atoms with Gasteiger partial charge in [0.1, 0.15) is 0 Å². The van der Waals surface area contributed by atoms with Crippen LogP contribution in [-0.2, 0) is 17.7 Å². The molecule has 0 spiro atoms. The van der Waals surface area contributed by atoms with Gasteiger partial charge in [-0.05, 0) is 43.4 Å². The molecule has 1 aliphatic carbocycles. The Morgan fingerprint density at radius 1 is 1.26 bits per heavy atom. The molecule has 0 bridgehead atoms. The van der Waals surface area contributed by atoms with E-state index in [1.807, 2.05) is 12.1 Å². The molecule has 2 aromatic rings. The first-order valence-corrected chi connectivity index (χ1v) is 9.63. The predicted octanol–water partition coefficient (Wildman–Crippen LogP) is 2.28. The molecule has 1 N–H and O–H groups in total. The van der Waals surface area contributed by atoms with Crippen LogP contribution in [0.25, 0.3) is 0 Å². The normalized spacial score (nSPS) is 19.2. The van der Waals surface area contributed by atoms with Gasteiger partial charge in [0.05, 0.1) is 6.10 Å². The molecule has 0 aromatic carbocycles. The number of nitrogens with zero attached hydrogens (tertiary/aromatic N) is 4. The molecule has 27 heavy (non-hydrogen) atoms. The number of amides is 2. The third-order valence-electron chi connectivity index (χ3n) is 4.90. The molecule has 3 heterocycles. The standard InChI is InChI=1S/C19H25N5O3/c25-19(21-10-7-17-22-18(23-27-17)15-3-4-15)24(13-16-2-1-11-26-16)12-14-5-8-20-9-6-14/h5-6,8-9,15-16H,1-4,7,10-13H2,(H,21,25)/t16-/m0/s1. The number of ether oxygens (including phenoxy) is 1. The lowest BCUT2D eigenvalue weighted by molar-refractivity contribution is 0.0795. The molecule has 8 nitrogen and oxygen atoms in total. The topological polar surface area (TPSA) is 93.4 Å². The van der Waals surface area contributed by atoms with Crippen LogP contribution < -0.4 is 5.32 Å². The van der Waals surface area contributed by atoms with Crippen LogP contribution in [0.5, 0.6) is 0 Å². The quantitative estimate of drug-likeness (QED) is 0.765. The highest BCUT2D eigenvalue weighted by Crippen LogP contribution is 2.38. The van der Waals surface area contributed by atoms with Gasteiger partial charge in [-0.25, -0.2) is 4.79 Å². The van der Waals surface area contributed by atoms with E-state index in [0.717, 1.165) is 43.7 Å². The number of pyridine rings is 1. The van der Waals surface area contributed by atoms with E-state index in [1.54, 1.807) is 17.3 Å². The Hall–Kier alpha value is -2.48. The second-order valence-corrected chi connectivity index (χ2v) is 7.17. The molecule has 1 aliphatic heterocycles. The lowest BCUT2D eigenvalue weighted by Gasteiger charge is -2.25.